The molecule has 13 heteroatoms. The number of carbonyl (C=O) groups is 2. The normalized spacial score (nSPS) is 16.0. The Hall–Kier alpha value is -4.91. The largest absolute Gasteiger partial charge is 0.573 e. The van der Waals surface area contributed by atoms with Crippen LogP contribution in [0, 0.1) is 6.92 Å². The van der Waals surface area contributed by atoms with Crippen LogP contribution >= 0.6 is 11.8 Å². The van der Waals surface area contributed by atoms with Gasteiger partial charge < -0.3 is 10.1 Å². The summed E-state index contributed by atoms with van der Waals surface area (Å²) in [4.78, 5) is 36.3. The second-order valence-electron chi connectivity index (χ2n) is 11.2. The molecule has 1 aromatic heterocycles. The molecule has 47 heavy (non-hydrogen) atoms. The van der Waals surface area contributed by atoms with Crippen molar-refractivity contribution in [2.45, 2.75) is 52.3 Å². The number of thioether (sulfide) groups is 1. The van der Waals surface area contributed by atoms with Crippen molar-refractivity contribution in [3.63, 3.8) is 0 Å². The number of alkyl halides is 3. The molecule has 0 radical (unpaired) electrons. The number of hydrogen-bond donors (Lipinski definition) is 1. The summed E-state index contributed by atoms with van der Waals surface area (Å²) in [5, 5.41) is 7.82. The Morgan fingerprint density at radius 1 is 1.04 bits per heavy atom. The topological polar surface area (TPSA) is 102 Å². The van der Waals surface area contributed by atoms with Crippen molar-refractivity contribution in [3.8, 4) is 22.8 Å². The number of rotatable bonds is 8. The molecule has 9 nitrogen and oxygen atoms in total. The summed E-state index contributed by atoms with van der Waals surface area (Å²) in [6.07, 6.45) is 0.827. The molecule has 3 amide bonds. The van der Waals surface area contributed by atoms with Crippen LogP contribution in [0.25, 0.3) is 22.6 Å². The number of urea groups is 1. The first-order chi connectivity index (χ1) is 22.6. The second-order valence-corrected chi connectivity index (χ2v) is 12.1. The lowest BCUT2D eigenvalue weighted by molar-refractivity contribution is -0.274. The summed E-state index contributed by atoms with van der Waals surface area (Å²) in [5.74, 6) is 0.250. The molecular weight excluding hydrogens is 629 g/mol. The van der Waals surface area contributed by atoms with Crippen LogP contribution in [0.2, 0.25) is 0 Å². The Bertz CT molecular complexity index is 1870. The van der Waals surface area contributed by atoms with E-state index in [1.807, 2.05) is 49.4 Å². The SMILES string of the molecule is CCCc1ccc(C)cc1N1C(=O)CS/C1=N\C(=O)NC1=C(c2ccc(-c3ncn(-c4ccc(OC(F)(F)F)cc4)n3)cc2)CCC1. The molecule has 1 saturated heterocycles. The lowest BCUT2D eigenvalue weighted by atomic mass is 10.0. The van der Waals surface area contributed by atoms with E-state index in [0.717, 1.165) is 64.9 Å². The second kappa shape index (κ2) is 13.4. The van der Waals surface area contributed by atoms with Gasteiger partial charge in [0, 0.05) is 11.3 Å². The quantitative estimate of drug-likeness (QED) is 0.207. The number of halogens is 3. The van der Waals surface area contributed by atoms with E-state index in [1.165, 1.54) is 47.0 Å². The number of hydrogen-bond acceptors (Lipinski definition) is 6. The Morgan fingerprint density at radius 2 is 1.79 bits per heavy atom. The average molecular weight is 661 g/mol. The van der Waals surface area contributed by atoms with Gasteiger partial charge in [0.15, 0.2) is 11.0 Å². The third-order valence-corrected chi connectivity index (χ3v) is 8.68. The van der Waals surface area contributed by atoms with E-state index < -0.39 is 12.4 Å². The molecule has 0 saturated carbocycles. The zero-order valence-corrected chi connectivity index (χ0v) is 26.5. The maximum absolute atomic E-state index is 13.2. The van der Waals surface area contributed by atoms with Crippen molar-refractivity contribution in [3.05, 3.63) is 95.4 Å². The molecule has 0 bridgehead atoms. The molecule has 1 aliphatic heterocycles. The van der Waals surface area contributed by atoms with Gasteiger partial charge in [-0.3, -0.25) is 9.69 Å². The van der Waals surface area contributed by atoms with Crippen LogP contribution in [0.1, 0.15) is 49.3 Å². The van der Waals surface area contributed by atoms with E-state index >= 15 is 0 Å². The molecule has 0 unspecified atom stereocenters. The van der Waals surface area contributed by atoms with E-state index in [4.69, 9.17) is 0 Å². The fourth-order valence-electron chi connectivity index (χ4n) is 5.63. The van der Waals surface area contributed by atoms with Crippen LogP contribution in [0.3, 0.4) is 0 Å². The minimum Gasteiger partial charge on any atom is -0.406 e. The standard InChI is InChI=1S/C34H31F3N6O3S/c1-3-5-23-9-8-21(2)18-29(23)43-30(44)19-47-33(43)40-32(45)39-28-7-4-6-27(28)22-10-12-24(13-11-22)31-38-20-42(41-31)25-14-16-26(17-15-25)46-34(35,36)37/h8-18,20H,3-7,19H2,1-2H3,(H,39,45)/b40-33-. The van der Waals surface area contributed by atoms with Gasteiger partial charge in [-0.25, -0.2) is 14.5 Å². The molecule has 1 aliphatic carbocycles. The molecule has 4 aromatic rings. The Kier molecular flexibility index (Phi) is 9.17. The highest BCUT2D eigenvalue weighted by molar-refractivity contribution is 8.15. The average Bonchev–Trinajstić information content (AvgIpc) is 3.79. The molecule has 2 aliphatic rings. The Labute approximate surface area is 273 Å². The first-order valence-corrected chi connectivity index (χ1v) is 16.1. The highest BCUT2D eigenvalue weighted by atomic mass is 32.2. The lowest BCUT2D eigenvalue weighted by Crippen LogP contribution is -2.32. The third-order valence-electron chi connectivity index (χ3n) is 7.76. The van der Waals surface area contributed by atoms with Gasteiger partial charge in [0.25, 0.3) is 0 Å². The van der Waals surface area contributed by atoms with E-state index in [-0.39, 0.29) is 17.4 Å². The van der Waals surface area contributed by atoms with Gasteiger partial charge in [0.05, 0.1) is 17.1 Å². The number of amides is 3. The van der Waals surface area contributed by atoms with Crippen LogP contribution in [-0.2, 0) is 11.2 Å². The highest BCUT2D eigenvalue weighted by Gasteiger charge is 2.33. The first kappa shape index (κ1) is 32.0. The minimum atomic E-state index is -4.76. The smallest absolute Gasteiger partial charge is 0.406 e. The first-order valence-electron chi connectivity index (χ1n) is 15.1. The Balaban J connectivity index is 1.16. The third kappa shape index (κ3) is 7.40. The van der Waals surface area contributed by atoms with Crippen molar-refractivity contribution in [2.75, 3.05) is 10.7 Å². The molecule has 2 heterocycles. The molecular formula is C34H31F3N6O3S. The van der Waals surface area contributed by atoms with Gasteiger partial charge in [-0.15, -0.1) is 18.3 Å². The number of aromatic nitrogens is 3. The number of aryl methyl sites for hydroxylation is 2. The summed E-state index contributed by atoms with van der Waals surface area (Å²) >= 11 is 1.26. The van der Waals surface area contributed by atoms with E-state index in [9.17, 15) is 22.8 Å². The fourth-order valence-corrected chi connectivity index (χ4v) is 6.49. The van der Waals surface area contributed by atoms with Crippen LogP contribution in [0.5, 0.6) is 5.75 Å². The zero-order chi connectivity index (χ0) is 33.1. The monoisotopic (exact) mass is 660 g/mol. The summed E-state index contributed by atoms with van der Waals surface area (Å²) in [5.41, 5.74) is 6.89. The van der Waals surface area contributed by atoms with Gasteiger partial charge in [-0.1, -0.05) is 61.5 Å². The van der Waals surface area contributed by atoms with Gasteiger partial charge >= 0.3 is 12.4 Å². The van der Waals surface area contributed by atoms with Crippen molar-refractivity contribution in [1.29, 1.82) is 0 Å². The number of amidine groups is 1. The molecule has 242 valence electrons. The lowest BCUT2D eigenvalue weighted by Gasteiger charge is -2.20. The molecule has 1 fully saturated rings. The summed E-state index contributed by atoms with van der Waals surface area (Å²) in [7, 11) is 0. The van der Waals surface area contributed by atoms with Crippen molar-refractivity contribution < 1.29 is 27.5 Å². The van der Waals surface area contributed by atoms with Crippen molar-refractivity contribution in [1.82, 2.24) is 20.1 Å². The number of aliphatic imine (C=N–C) groups is 1. The van der Waals surface area contributed by atoms with E-state index in [0.29, 0.717) is 23.1 Å². The van der Waals surface area contributed by atoms with Crippen molar-refractivity contribution in [2.24, 2.45) is 4.99 Å². The van der Waals surface area contributed by atoms with Gasteiger partial charge in [0.2, 0.25) is 5.91 Å². The van der Waals surface area contributed by atoms with Gasteiger partial charge in [-0.05, 0) is 85.2 Å². The van der Waals surface area contributed by atoms with Crippen LogP contribution in [0.15, 0.2) is 83.7 Å². The summed E-state index contributed by atoms with van der Waals surface area (Å²) in [6.45, 7) is 4.06. The van der Waals surface area contributed by atoms with Gasteiger partial charge in [0.1, 0.15) is 12.1 Å². The molecule has 6 rings (SSSR count). The maximum Gasteiger partial charge on any atom is 0.573 e. The van der Waals surface area contributed by atoms with Crippen LogP contribution in [-0.4, -0.2) is 44.0 Å². The molecule has 0 atom stereocenters. The number of nitrogens with zero attached hydrogens (tertiary/aromatic N) is 5. The summed E-state index contributed by atoms with van der Waals surface area (Å²) in [6, 6.07) is 18.5. The van der Waals surface area contributed by atoms with E-state index in [2.05, 4.69) is 32.1 Å². The number of benzene rings is 3. The minimum absolute atomic E-state index is 0.0990. The van der Waals surface area contributed by atoms with Gasteiger partial charge in [-0.2, -0.15) is 4.99 Å². The molecule has 1 N–H and O–H groups in total. The number of ether oxygens (including phenoxy) is 1. The predicted octanol–water partition coefficient (Wildman–Crippen LogP) is 7.83. The zero-order valence-electron chi connectivity index (χ0n) is 25.7. The van der Waals surface area contributed by atoms with Crippen LogP contribution < -0.4 is 15.0 Å². The number of allylic oxidation sites excluding steroid dienone is 2. The molecule has 0 spiro atoms. The maximum atomic E-state index is 13.2. The predicted molar refractivity (Wildman–Crippen MR) is 175 cm³/mol. The number of anilines is 1. The highest BCUT2D eigenvalue weighted by Crippen LogP contribution is 2.34. The fraction of sp³-hybridized carbons (Fsp3) is 0.265. The Morgan fingerprint density at radius 3 is 2.51 bits per heavy atom. The molecule has 3 aromatic carbocycles. The summed E-state index contributed by atoms with van der Waals surface area (Å²) < 4.78 is 42.8. The van der Waals surface area contributed by atoms with Crippen LogP contribution in [0.4, 0.5) is 23.7 Å². The van der Waals surface area contributed by atoms with E-state index in [1.54, 1.807) is 4.90 Å². The number of nitrogens with one attached hydrogen (secondary N) is 1. The number of carbonyl (C=O) groups excluding carboxylic acids is 2. The van der Waals surface area contributed by atoms with Crippen molar-refractivity contribution >= 4 is 40.1 Å².